The van der Waals surface area contributed by atoms with Crippen molar-refractivity contribution in [3.63, 3.8) is 0 Å². The van der Waals surface area contributed by atoms with Gasteiger partial charge in [-0.3, -0.25) is 5.10 Å². The molecule has 5 aromatic rings. The van der Waals surface area contributed by atoms with Crippen LogP contribution in [0.15, 0.2) is 41.4 Å². The summed E-state index contributed by atoms with van der Waals surface area (Å²) in [6, 6.07) is 7.80. The smallest absolute Gasteiger partial charge is 0.231 e. The van der Waals surface area contributed by atoms with Gasteiger partial charge >= 0.3 is 0 Å². The molecule has 8 nitrogen and oxygen atoms in total. The molecule has 0 atom stereocenters. The van der Waals surface area contributed by atoms with Crippen LogP contribution in [0, 0.1) is 11.6 Å². The highest BCUT2D eigenvalue weighted by molar-refractivity contribution is 7.98. The number of halogens is 2. The molecule has 0 saturated carbocycles. The van der Waals surface area contributed by atoms with Crippen molar-refractivity contribution in [2.45, 2.75) is 24.8 Å². The molecule has 0 aliphatic heterocycles. The highest BCUT2D eigenvalue weighted by Gasteiger charge is 2.23. The predicted octanol–water partition coefficient (Wildman–Crippen LogP) is 5.28. The molecule has 0 aliphatic carbocycles. The minimum atomic E-state index is -0.421. The van der Waals surface area contributed by atoms with Crippen LogP contribution in [0.2, 0.25) is 0 Å². The number of fused-ring (bicyclic) bond motifs is 2. The first kappa shape index (κ1) is 21.1. The van der Waals surface area contributed by atoms with Crippen molar-refractivity contribution in [2.24, 2.45) is 0 Å². The first-order valence-electron chi connectivity index (χ1n) is 10.2. The number of rotatable bonds is 5. The monoisotopic (exact) mass is 466 g/mol. The van der Waals surface area contributed by atoms with E-state index in [1.165, 1.54) is 23.9 Å². The molecule has 0 saturated heterocycles. The largest absolute Gasteiger partial charge is 0.383 e. The van der Waals surface area contributed by atoms with E-state index in [-0.39, 0.29) is 29.0 Å². The van der Waals surface area contributed by atoms with Crippen molar-refractivity contribution in [1.82, 2.24) is 29.9 Å². The number of anilines is 3. The number of thioether (sulfide) groups is 1. The molecule has 2 aromatic carbocycles. The number of aromatic amines is 1. The second-order valence-corrected chi connectivity index (χ2v) is 8.62. The number of nitrogen functional groups attached to an aromatic ring is 1. The Labute approximate surface area is 191 Å². The van der Waals surface area contributed by atoms with Crippen molar-refractivity contribution in [1.29, 1.82) is 0 Å². The minimum absolute atomic E-state index is 0.0544. The number of benzene rings is 2. The number of aromatic nitrogens is 6. The van der Waals surface area contributed by atoms with E-state index < -0.39 is 11.6 Å². The molecule has 11 heteroatoms. The molecular formula is C22H20F2N8S. The van der Waals surface area contributed by atoms with E-state index >= 15 is 0 Å². The molecule has 0 radical (unpaired) electrons. The Hall–Kier alpha value is -3.73. The quantitative estimate of drug-likeness (QED) is 0.302. The number of nitrogens with one attached hydrogen (secondary N) is 2. The third-order valence-electron chi connectivity index (χ3n) is 5.31. The molecule has 0 unspecified atom stereocenters. The summed E-state index contributed by atoms with van der Waals surface area (Å²) in [5.41, 5.74) is 8.53. The third-order valence-corrected chi connectivity index (χ3v) is 6.04. The summed E-state index contributed by atoms with van der Waals surface area (Å²) in [5, 5.41) is 15.4. The standard InChI is InChI=1S/C22H20F2N8S/c1-10(2)32-21-17(19(31-32)12-5-6-14(23)18-13(12)9-26-30-18)20(25)28-22(29-21)27-16-7-4-11(33-3)8-15(16)24/h4-10H,1-3H3,(H,26,30)(H3,25,27,28,29). The maximum absolute atomic E-state index is 14.5. The van der Waals surface area contributed by atoms with Gasteiger partial charge in [-0.2, -0.15) is 20.2 Å². The summed E-state index contributed by atoms with van der Waals surface area (Å²) in [5.74, 6) is -0.511. The van der Waals surface area contributed by atoms with Crippen LogP contribution >= 0.6 is 11.8 Å². The van der Waals surface area contributed by atoms with Gasteiger partial charge in [0.25, 0.3) is 0 Å². The van der Waals surface area contributed by atoms with Crippen molar-refractivity contribution in [3.05, 3.63) is 48.2 Å². The van der Waals surface area contributed by atoms with Crippen LogP contribution in [-0.4, -0.2) is 36.2 Å². The zero-order valence-electron chi connectivity index (χ0n) is 18.0. The minimum Gasteiger partial charge on any atom is -0.383 e. The number of hydrogen-bond acceptors (Lipinski definition) is 7. The summed E-state index contributed by atoms with van der Waals surface area (Å²) >= 11 is 1.45. The normalized spacial score (nSPS) is 11.7. The molecule has 33 heavy (non-hydrogen) atoms. The molecular weight excluding hydrogens is 446 g/mol. The van der Waals surface area contributed by atoms with Gasteiger partial charge in [0.2, 0.25) is 5.95 Å². The first-order valence-corrected chi connectivity index (χ1v) is 11.4. The fourth-order valence-electron chi connectivity index (χ4n) is 3.72. The lowest BCUT2D eigenvalue weighted by molar-refractivity contribution is 0.548. The first-order chi connectivity index (χ1) is 15.9. The van der Waals surface area contributed by atoms with Crippen LogP contribution in [0.4, 0.5) is 26.2 Å². The van der Waals surface area contributed by atoms with Crippen LogP contribution in [-0.2, 0) is 0 Å². The average Bonchev–Trinajstić information content (AvgIpc) is 3.42. The molecule has 0 aliphatic rings. The molecule has 0 bridgehead atoms. The molecule has 0 amide bonds. The van der Waals surface area contributed by atoms with Gasteiger partial charge in [0.05, 0.1) is 17.3 Å². The zero-order valence-corrected chi connectivity index (χ0v) is 18.8. The molecule has 0 spiro atoms. The molecule has 3 heterocycles. The third kappa shape index (κ3) is 3.54. The van der Waals surface area contributed by atoms with Crippen LogP contribution in [0.25, 0.3) is 33.2 Å². The number of H-pyrrole nitrogens is 1. The SMILES string of the molecule is CSc1ccc(Nc2nc(N)c3c(-c4ccc(F)c5[nH]ncc45)nn(C(C)C)c3n2)c(F)c1. The van der Waals surface area contributed by atoms with Gasteiger partial charge in [-0.25, -0.2) is 13.5 Å². The second kappa shape index (κ2) is 8.00. The fourth-order valence-corrected chi connectivity index (χ4v) is 4.15. The van der Waals surface area contributed by atoms with Crippen LogP contribution in [0.5, 0.6) is 0 Å². The summed E-state index contributed by atoms with van der Waals surface area (Å²) in [4.78, 5) is 9.76. The van der Waals surface area contributed by atoms with Crippen molar-refractivity contribution < 1.29 is 8.78 Å². The van der Waals surface area contributed by atoms with Gasteiger partial charge < -0.3 is 11.1 Å². The number of nitrogens with two attached hydrogens (primary N) is 1. The number of nitrogens with zero attached hydrogens (tertiary/aromatic N) is 5. The van der Waals surface area contributed by atoms with E-state index in [9.17, 15) is 8.78 Å². The van der Waals surface area contributed by atoms with E-state index in [1.807, 2.05) is 20.1 Å². The average molecular weight is 467 g/mol. The zero-order chi connectivity index (χ0) is 23.3. The Balaban J connectivity index is 1.68. The van der Waals surface area contributed by atoms with Crippen LogP contribution in [0.1, 0.15) is 19.9 Å². The maximum atomic E-state index is 14.5. The Kier molecular flexibility index (Phi) is 5.12. The summed E-state index contributed by atoms with van der Waals surface area (Å²) in [7, 11) is 0. The lowest BCUT2D eigenvalue weighted by atomic mass is 10.0. The second-order valence-electron chi connectivity index (χ2n) is 7.74. The van der Waals surface area contributed by atoms with Crippen molar-refractivity contribution in [2.75, 3.05) is 17.3 Å². The van der Waals surface area contributed by atoms with E-state index in [2.05, 4.69) is 25.5 Å². The van der Waals surface area contributed by atoms with Crippen LogP contribution < -0.4 is 11.1 Å². The Morgan fingerprint density at radius 2 is 1.94 bits per heavy atom. The molecule has 0 fully saturated rings. The lowest BCUT2D eigenvalue weighted by Crippen LogP contribution is -2.07. The van der Waals surface area contributed by atoms with E-state index in [0.29, 0.717) is 27.7 Å². The maximum Gasteiger partial charge on any atom is 0.231 e. The fraction of sp³-hybridized carbons (Fsp3) is 0.182. The number of hydrogen-bond donors (Lipinski definition) is 3. The highest BCUT2D eigenvalue weighted by atomic mass is 32.2. The van der Waals surface area contributed by atoms with E-state index in [0.717, 1.165) is 4.90 Å². The summed E-state index contributed by atoms with van der Waals surface area (Å²) in [6.45, 7) is 3.92. The van der Waals surface area contributed by atoms with E-state index in [1.54, 1.807) is 29.1 Å². The van der Waals surface area contributed by atoms with Gasteiger partial charge in [-0.15, -0.1) is 11.8 Å². The molecule has 3 aromatic heterocycles. The van der Waals surface area contributed by atoms with Crippen molar-refractivity contribution >= 4 is 51.2 Å². The van der Waals surface area contributed by atoms with Gasteiger partial charge in [0.1, 0.15) is 28.7 Å². The van der Waals surface area contributed by atoms with Gasteiger partial charge in [0, 0.05) is 21.9 Å². The molecule has 4 N–H and O–H groups in total. The summed E-state index contributed by atoms with van der Waals surface area (Å²) in [6.07, 6.45) is 3.42. The van der Waals surface area contributed by atoms with E-state index in [4.69, 9.17) is 10.8 Å². The predicted molar refractivity (Wildman–Crippen MR) is 127 cm³/mol. The van der Waals surface area contributed by atoms with Crippen molar-refractivity contribution in [3.8, 4) is 11.3 Å². The van der Waals surface area contributed by atoms with Gasteiger partial charge in [-0.05, 0) is 50.4 Å². The summed E-state index contributed by atoms with van der Waals surface area (Å²) < 4.78 is 30.4. The Bertz CT molecular complexity index is 1510. The molecule has 5 rings (SSSR count). The Morgan fingerprint density at radius 1 is 1.12 bits per heavy atom. The lowest BCUT2D eigenvalue weighted by Gasteiger charge is -2.10. The van der Waals surface area contributed by atoms with Gasteiger partial charge in [0.15, 0.2) is 5.65 Å². The highest BCUT2D eigenvalue weighted by Crippen LogP contribution is 2.37. The van der Waals surface area contributed by atoms with Gasteiger partial charge in [-0.1, -0.05) is 0 Å². The van der Waals surface area contributed by atoms with Crippen LogP contribution in [0.3, 0.4) is 0 Å². The molecule has 168 valence electrons. The topological polar surface area (TPSA) is 110 Å². The Morgan fingerprint density at radius 3 is 2.67 bits per heavy atom.